The third kappa shape index (κ3) is 13.4. The molecule has 0 aromatic rings. The van der Waals surface area contributed by atoms with E-state index < -0.39 is 19.5 Å². The second kappa shape index (κ2) is 19.1. The molecule has 0 aliphatic heterocycles. The minimum Gasteiger partial charge on any atom is -0.419 e. The van der Waals surface area contributed by atoms with Crippen LogP contribution in [0.4, 0.5) is 0 Å². The van der Waals surface area contributed by atoms with Gasteiger partial charge in [-0.1, -0.05) is 106 Å². The molecule has 0 N–H and O–H groups in total. The molecule has 0 aliphatic carbocycles. The number of unbranched alkanes of at least 4 members (excludes halogenated alkanes) is 4. The van der Waals surface area contributed by atoms with E-state index in [2.05, 4.69) is 41.5 Å². The van der Waals surface area contributed by atoms with Gasteiger partial charge in [-0.15, -0.1) is 0 Å². The maximum absolute atomic E-state index is 6.80. The number of rotatable bonds is 22. The first kappa shape index (κ1) is 29.4. The average Bonchev–Trinajstić information content (AvgIpc) is 2.73. The molecular formula is C25H56O2Si2. The van der Waals surface area contributed by atoms with Gasteiger partial charge < -0.3 is 8.85 Å². The highest BCUT2D eigenvalue weighted by atomic mass is 28.3. The van der Waals surface area contributed by atoms with E-state index in [9.17, 15) is 0 Å². The molecule has 0 aromatic heterocycles. The van der Waals surface area contributed by atoms with E-state index >= 15 is 0 Å². The second-order valence-electron chi connectivity index (χ2n) is 9.33. The molecule has 0 radical (unpaired) electrons. The van der Waals surface area contributed by atoms with Gasteiger partial charge in [-0.3, -0.25) is 0 Å². The van der Waals surface area contributed by atoms with E-state index in [0.717, 1.165) is 0 Å². The van der Waals surface area contributed by atoms with Gasteiger partial charge >= 0.3 is 0 Å². The van der Waals surface area contributed by atoms with E-state index in [1.165, 1.54) is 108 Å². The van der Waals surface area contributed by atoms with Gasteiger partial charge in [0.15, 0.2) is 19.5 Å². The van der Waals surface area contributed by atoms with E-state index in [4.69, 9.17) is 8.85 Å². The Labute approximate surface area is 189 Å². The topological polar surface area (TPSA) is 18.5 Å². The van der Waals surface area contributed by atoms with Gasteiger partial charge in [0.1, 0.15) is 0 Å². The van der Waals surface area contributed by atoms with Gasteiger partial charge in [0, 0.05) is 0 Å². The van der Waals surface area contributed by atoms with Crippen molar-refractivity contribution in [2.24, 2.45) is 0 Å². The second-order valence-corrected chi connectivity index (χ2v) is 13.6. The van der Waals surface area contributed by atoms with Crippen molar-refractivity contribution in [2.45, 2.75) is 161 Å². The first-order chi connectivity index (χ1) is 14.1. The van der Waals surface area contributed by atoms with Crippen LogP contribution in [-0.2, 0) is 8.85 Å². The fourth-order valence-corrected chi connectivity index (χ4v) is 8.08. The van der Waals surface area contributed by atoms with Crippen LogP contribution in [0.25, 0.3) is 0 Å². The molecule has 0 spiro atoms. The zero-order valence-electron chi connectivity index (χ0n) is 21.3. The van der Waals surface area contributed by atoms with Gasteiger partial charge in [-0.25, -0.2) is 0 Å². The molecule has 0 aromatic carbocycles. The normalized spacial score (nSPS) is 13.4. The molecular weight excluding hydrogens is 388 g/mol. The zero-order valence-corrected chi connectivity index (χ0v) is 24.1. The summed E-state index contributed by atoms with van der Waals surface area (Å²) in [6.45, 7) is 13.9. The molecule has 0 saturated carbocycles. The number of hydrogen-bond acceptors (Lipinski definition) is 2. The van der Waals surface area contributed by atoms with E-state index in [-0.39, 0.29) is 11.2 Å². The van der Waals surface area contributed by atoms with Gasteiger partial charge in [0.05, 0.1) is 11.2 Å². The van der Waals surface area contributed by atoms with Crippen molar-refractivity contribution in [1.82, 2.24) is 0 Å². The standard InChI is InChI=1S/C25H56O2Si2/c1-7-13-19-24(17-11-5,20-14-8-2)26-28-23-29-27-25(18-12-6,21-15-9-3)22-16-10-4/h7-23,28-29H2,1-6H3. The van der Waals surface area contributed by atoms with Crippen molar-refractivity contribution in [2.75, 3.05) is 0 Å². The lowest BCUT2D eigenvalue weighted by molar-refractivity contribution is 0.0352. The Kier molecular flexibility index (Phi) is 19.3. The molecule has 176 valence electrons. The monoisotopic (exact) mass is 444 g/mol. The van der Waals surface area contributed by atoms with E-state index in [0.29, 0.717) is 0 Å². The van der Waals surface area contributed by atoms with Gasteiger partial charge in [-0.05, 0) is 44.2 Å². The summed E-state index contributed by atoms with van der Waals surface area (Å²) >= 11 is 0. The summed E-state index contributed by atoms with van der Waals surface area (Å²) in [6, 6.07) is 0. The van der Waals surface area contributed by atoms with Crippen molar-refractivity contribution >= 4 is 19.5 Å². The molecule has 29 heavy (non-hydrogen) atoms. The SMILES string of the molecule is CCCCC(CCC)(CCCC)O[SiH2]C[SiH2]OC(CCC)(CCCC)CCCC. The summed E-state index contributed by atoms with van der Waals surface area (Å²) in [5.74, 6) is 0. The van der Waals surface area contributed by atoms with Gasteiger partial charge in [0.2, 0.25) is 0 Å². The van der Waals surface area contributed by atoms with Crippen molar-refractivity contribution in [1.29, 1.82) is 0 Å². The van der Waals surface area contributed by atoms with Crippen molar-refractivity contribution in [3.63, 3.8) is 0 Å². The average molecular weight is 445 g/mol. The summed E-state index contributed by atoms with van der Waals surface area (Å²) in [6.07, 6.45) is 20.6. The Morgan fingerprint density at radius 3 is 1.00 bits per heavy atom. The molecule has 0 rings (SSSR count). The molecule has 2 nitrogen and oxygen atoms in total. The maximum Gasteiger partial charge on any atom is 0.161 e. The smallest absolute Gasteiger partial charge is 0.161 e. The van der Waals surface area contributed by atoms with Crippen LogP contribution in [0.3, 0.4) is 0 Å². The molecule has 0 amide bonds. The quantitative estimate of drug-likeness (QED) is 0.128. The first-order valence-corrected chi connectivity index (χ1v) is 16.5. The van der Waals surface area contributed by atoms with Crippen LogP contribution >= 0.6 is 0 Å². The zero-order chi connectivity index (χ0) is 21.8. The van der Waals surface area contributed by atoms with Gasteiger partial charge in [0.25, 0.3) is 0 Å². The first-order valence-electron chi connectivity index (χ1n) is 13.3. The van der Waals surface area contributed by atoms with Gasteiger partial charge in [-0.2, -0.15) is 0 Å². The summed E-state index contributed by atoms with van der Waals surface area (Å²) in [4.78, 5) is 0. The molecule has 0 aliphatic rings. The summed E-state index contributed by atoms with van der Waals surface area (Å²) in [7, 11) is -0.907. The minimum absolute atomic E-state index is 0.201. The molecule has 0 unspecified atom stereocenters. The van der Waals surface area contributed by atoms with Crippen LogP contribution < -0.4 is 0 Å². The van der Waals surface area contributed by atoms with Crippen LogP contribution in [-0.4, -0.2) is 30.7 Å². The Morgan fingerprint density at radius 2 is 0.759 bits per heavy atom. The third-order valence-electron chi connectivity index (χ3n) is 6.46. The molecule has 0 atom stereocenters. The molecule has 0 heterocycles. The Balaban J connectivity index is 4.72. The van der Waals surface area contributed by atoms with Crippen LogP contribution in [0.15, 0.2) is 0 Å². The third-order valence-corrected chi connectivity index (χ3v) is 10.4. The minimum atomic E-state index is -0.454. The summed E-state index contributed by atoms with van der Waals surface area (Å²) < 4.78 is 13.6. The molecule has 0 fully saturated rings. The lowest BCUT2D eigenvalue weighted by Crippen LogP contribution is -2.36. The fourth-order valence-electron chi connectivity index (χ4n) is 4.73. The van der Waals surface area contributed by atoms with Crippen LogP contribution in [0.2, 0.25) is 5.67 Å². The molecule has 0 bridgehead atoms. The molecule has 4 heteroatoms. The number of hydrogen-bond donors (Lipinski definition) is 0. The van der Waals surface area contributed by atoms with Crippen LogP contribution in [0.1, 0.15) is 144 Å². The Morgan fingerprint density at radius 1 is 0.448 bits per heavy atom. The Hall–Kier alpha value is 0.354. The predicted octanol–water partition coefficient (Wildman–Crippen LogP) is 7.40. The van der Waals surface area contributed by atoms with Crippen molar-refractivity contribution in [3.8, 4) is 0 Å². The van der Waals surface area contributed by atoms with Crippen molar-refractivity contribution in [3.05, 3.63) is 0 Å². The van der Waals surface area contributed by atoms with E-state index in [1.807, 2.05) is 0 Å². The molecule has 0 saturated heterocycles. The highest BCUT2D eigenvalue weighted by Gasteiger charge is 2.30. The largest absolute Gasteiger partial charge is 0.419 e. The highest BCUT2D eigenvalue weighted by Crippen LogP contribution is 2.32. The summed E-state index contributed by atoms with van der Waals surface area (Å²) in [5.41, 5.74) is 1.71. The lowest BCUT2D eigenvalue weighted by Gasteiger charge is -2.36. The van der Waals surface area contributed by atoms with Crippen LogP contribution in [0.5, 0.6) is 0 Å². The summed E-state index contributed by atoms with van der Waals surface area (Å²) in [5, 5.41) is 0. The van der Waals surface area contributed by atoms with Crippen molar-refractivity contribution < 1.29 is 8.85 Å². The maximum atomic E-state index is 6.80. The van der Waals surface area contributed by atoms with Crippen LogP contribution in [0, 0.1) is 0 Å². The Bertz CT molecular complexity index is 302. The highest BCUT2D eigenvalue weighted by molar-refractivity contribution is 6.48. The predicted molar refractivity (Wildman–Crippen MR) is 137 cm³/mol. The fraction of sp³-hybridized carbons (Fsp3) is 1.00. The lowest BCUT2D eigenvalue weighted by atomic mass is 9.87. The van der Waals surface area contributed by atoms with E-state index in [1.54, 1.807) is 0 Å².